The van der Waals surface area contributed by atoms with Crippen molar-refractivity contribution >= 4 is 23.4 Å². The van der Waals surface area contributed by atoms with E-state index in [2.05, 4.69) is 20.6 Å². The number of carbonyl (C=O) groups is 1. The van der Waals surface area contributed by atoms with Crippen molar-refractivity contribution in [3.8, 4) is 11.4 Å². The van der Waals surface area contributed by atoms with Crippen molar-refractivity contribution < 1.29 is 9.53 Å². The molecule has 3 heterocycles. The van der Waals surface area contributed by atoms with E-state index < -0.39 is 11.7 Å². The molecule has 1 atom stereocenters. The second kappa shape index (κ2) is 8.90. The molecule has 0 fully saturated rings. The standard InChI is InChI=1S/C25H28N6O2/c1-16-10-9-13-31-20(15-26-22(16)31)21-19(29-24(32)33-25(3,4)5)14-27-23(30-21)28-17(2)18-11-7-6-8-12-18/h6-15,17H,1-5H3,(H,29,32)(H,27,28,30)/t17-/m0/s1. The highest BCUT2D eigenvalue weighted by Crippen LogP contribution is 2.29. The van der Waals surface area contributed by atoms with Crippen molar-refractivity contribution in [1.29, 1.82) is 0 Å². The molecule has 0 unspecified atom stereocenters. The first-order valence-electron chi connectivity index (χ1n) is 10.8. The molecule has 1 aromatic carbocycles. The maximum atomic E-state index is 12.5. The lowest BCUT2D eigenvalue weighted by Crippen LogP contribution is -2.27. The molecule has 4 aromatic rings. The zero-order chi connectivity index (χ0) is 23.6. The Labute approximate surface area is 193 Å². The second-order valence-corrected chi connectivity index (χ2v) is 8.89. The van der Waals surface area contributed by atoms with Gasteiger partial charge in [0.1, 0.15) is 16.9 Å². The summed E-state index contributed by atoms with van der Waals surface area (Å²) in [5, 5.41) is 6.13. The van der Waals surface area contributed by atoms with Crippen LogP contribution in [0.1, 0.15) is 44.9 Å². The van der Waals surface area contributed by atoms with Gasteiger partial charge in [0.05, 0.1) is 29.8 Å². The van der Waals surface area contributed by atoms with Crippen molar-refractivity contribution in [1.82, 2.24) is 19.4 Å². The second-order valence-electron chi connectivity index (χ2n) is 8.89. The number of hydrogen-bond donors (Lipinski definition) is 2. The Bertz CT molecular complexity index is 1280. The summed E-state index contributed by atoms with van der Waals surface area (Å²) in [5.74, 6) is 0.443. The van der Waals surface area contributed by atoms with Crippen LogP contribution < -0.4 is 10.6 Å². The maximum absolute atomic E-state index is 12.5. The van der Waals surface area contributed by atoms with E-state index in [4.69, 9.17) is 9.72 Å². The number of hydrogen-bond acceptors (Lipinski definition) is 6. The number of pyridine rings is 1. The van der Waals surface area contributed by atoms with Crippen LogP contribution in [0, 0.1) is 6.92 Å². The summed E-state index contributed by atoms with van der Waals surface area (Å²) in [5.41, 5.74) is 4.05. The molecule has 170 valence electrons. The number of amides is 1. The molecule has 0 spiro atoms. The summed E-state index contributed by atoms with van der Waals surface area (Å²) in [6.07, 6.45) is 4.68. The third-order valence-electron chi connectivity index (χ3n) is 5.04. The summed E-state index contributed by atoms with van der Waals surface area (Å²) in [6.45, 7) is 9.49. The topological polar surface area (TPSA) is 93.4 Å². The minimum Gasteiger partial charge on any atom is -0.444 e. The van der Waals surface area contributed by atoms with Crippen LogP contribution in [0.4, 0.5) is 16.4 Å². The lowest BCUT2D eigenvalue weighted by molar-refractivity contribution is 0.0636. The molecule has 2 N–H and O–H groups in total. The number of imidazole rings is 1. The Balaban J connectivity index is 1.73. The van der Waals surface area contributed by atoms with E-state index in [9.17, 15) is 4.79 Å². The number of benzene rings is 1. The third kappa shape index (κ3) is 5.11. The van der Waals surface area contributed by atoms with Crippen molar-refractivity contribution in [2.45, 2.75) is 46.3 Å². The van der Waals surface area contributed by atoms with Crippen LogP contribution in [-0.4, -0.2) is 31.0 Å². The number of ether oxygens (including phenoxy) is 1. The molecule has 3 aromatic heterocycles. The summed E-state index contributed by atoms with van der Waals surface area (Å²) >= 11 is 0. The predicted octanol–water partition coefficient (Wildman–Crippen LogP) is 5.62. The summed E-state index contributed by atoms with van der Waals surface area (Å²) < 4.78 is 7.38. The van der Waals surface area contributed by atoms with Gasteiger partial charge in [-0.2, -0.15) is 0 Å². The Morgan fingerprint density at radius 1 is 1.06 bits per heavy atom. The van der Waals surface area contributed by atoms with Gasteiger partial charge in [-0.05, 0) is 51.8 Å². The first-order valence-corrected chi connectivity index (χ1v) is 10.8. The van der Waals surface area contributed by atoms with Crippen LogP contribution in [0.15, 0.2) is 61.1 Å². The Hall–Kier alpha value is -3.94. The predicted molar refractivity (Wildman–Crippen MR) is 129 cm³/mol. The molecule has 0 aliphatic carbocycles. The van der Waals surface area contributed by atoms with Crippen LogP contribution in [0.2, 0.25) is 0 Å². The molecular formula is C25H28N6O2. The molecular weight excluding hydrogens is 416 g/mol. The number of carbonyl (C=O) groups excluding carboxylic acids is 1. The number of anilines is 2. The van der Waals surface area contributed by atoms with Gasteiger partial charge in [0, 0.05) is 6.20 Å². The lowest BCUT2D eigenvalue weighted by atomic mass is 10.1. The molecule has 0 saturated carbocycles. The van der Waals surface area contributed by atoms with Gasteiger partial charge in [-0.15, -0.1) is 0 Å². The molecule has 0 aliphatic heterocycles. The van der Waals surface area contributed by atoms with Gasteiger partial charge < -0.3 is 10.1 Å². The summed E-state index contributed by atoms with van der Waals surface area (Å²) in [6, 6.07) is 14.0. The normalized spacial score (nSPS) is 12.4. The molecule has 8 heteroatoms. The quantitative estimate of drug-likeness (QED) is 0.415. The number of nitrogens with one attached hydrogen (secondary N) is 2. The summed E-state index contributed by atoms with van der Waals surface area (Å²) in [4.78, 5) is 26.2. The highest BCUT2D eigenvalue weighted by molar-refractivity contribution is 5.90. The minimum atomic E-state index is -0.627. The molecule has 0 saturated heterocycles. The fraction of sp³-hybridized carbons (Fsp3) is 0.280. The highest BCUT2D eigenvalue weighted by Gasteiger charge is 2.21. The Morgan fingerprint density at radius 2 is 1.82 bits per heavy atom. The number of rotatable bonds is 5. The SMILES string of the molecule is Cc1cccn2c(-c3nc(N[C@@H](C)c4ccccc4)ncc3NC(=O)OC(C)(C)C)cnc12. The van der Waals surface area contributed by atoms with Gasteiger partial charge in [0.2, 0.25) is 5.95 Å². The zero-order valence-corrected chi connectivity index (χ0v) is 19.5. The molecule has 1 amide bonds. The Morgan fingerprint density at radius 3 is 2.55 bits per heavy atom. The van der Waals surface area contributed by atoms with Crippen LogP contribution in [0.5, 0.6) is 0 Å². The number of aryl methyl sites for hydroxylation is 1. The van der Waals surface area contributed by atoms with Gasteiger partial charge in [-0.1, -0.05) is 36.4 Å². The Kier molecular flexibility index (Phi) is 6.00. The summed E-state index contributed by atoms with van der Waals surface area (Å²) in [7, 11) is 0. The highest BCUT2D eigenvalue weighted by atomic mass is 16.6. The molecule has 0 bridgehead atoms. The van der Waals surface area contributed by atoms with Gasteiger partial charge >= 0.3 is 6.09 Å². The van der Waals surface area contributed by atoms with E-state index in [0.717, 1.165) is 22.5 Å². The number of fused-ring (bicyclic) bond motifs is 1. The zero-order valence-electron chi connectivity index (χ0n) is 19.5. The molecule has 8 nitrogen and oxygen atoms in total. The van der Waals surface area contributed by atoms with Crippen molar-refractivity contribution in [3.63, 3.8) is 0 Å². The van der Waals surface area contributed by atoms with E-state index >= 15 is 0 Å². The van der Waals surface area contributed by atoms with Crippen LogP contribution >= 0.6 is 0 Å². The van der Waals surface area contributed by atoms with E-state index in [-0.39, 0.29) is 6.04 Å². The van der Waals surface area contributed by atoms with E-state index in [1.54, 1.807) is 12.4 Å². The van der Waals surface area contributed by atoms with Gasteiger partial charge in [-0.25, -0.2) is 19.7 Å². The molecule has 0 aliphatic rings. The number of aromatic nitrogens is 4. The average molecular weight is 445 g/mol. The van der Waals surface area contributed by atoms with Crippen LogP contribution in [-0.2, 0) is 4.74 Å². The average Bonchev–Trinajstić information content (AvgIpc) is 3.19. The van der Waals surface area contributed by atoms with Crippen LogP contribution in [0.3, 0.4) is 0 Å². The minimum absolute atomic E-state index is 0.00635. The molecule has 33 heavy (non-hydrogen) atoms. The van der Waals surface area contributed by atoms with Crippen molar-refractivity contribution in [2.24, 2.45) is 0 Å². The van der Waals surface area contributed by atoms with Gasteiger partial charge in [0.25, 0.3) is 0 Å². The smallest absolute Gasteiger partial charge is 0.412 e. The first kappa shape index (κ1) is 22.3. The fourth-order valence-corrected chi connectivity index (χ4v) is 3.50. The lowest BCUT2D eigenvalue weighted by Gasteiger charge is -2.20. The maximum Gasteiger partial charge on any atom is 0.412 e. The third-order valence-corrected chi connectivity index (χ3v) is 5.04. The molecule has 4 rings (SSSR count). The fourth-order valence-electron chi connectivity index (χ4n) is 3.50. The van der Waals surface area contributed by atoms with Crippen LogP contribution in [0.25, 0.3) is 17.0 Å². The first-order chi connectivity index (χ1) is 15.7. The number of nitrogens with zero attached hydrogens (tertiary/aromatic N) is 4. The van der Waals surface area contributed by atoms with Crippen molar-refractivity contribution in [3.05, 3.63) is 72.2 Å². The van der Waals surface area contributed by atoms with E-state index in [1.807, 2.05) is 87.7 Å². The molecule has 0 radical (unpaired) electrons. The van der Waals surface area contributed by atoms with Crippen molar-refractivity contribution in [2.75, 3.05) is 10.6 Å². The largest absolute Gasteiger partial charge is 0.444 e. The van der Waals surface area contributed by atoms with Gasteiger partial charge in [-0.3, -0.25) is 9.72 Å². The monoisotopic (exact) mass is 444 g/mol. The van der Waals surface area contributed by atoms with E-state index in [0.29, 0.717) is 17.3 Å². The van der Waals surface area contributed by atoms with Gasteiger partial charge in [0.15, 0.2) is 0 Å². The van der Waals surface area contributed by atoms with E-state index in [1.165, 1.54) is 0 Å².